The van der Waals surface area contributed by atoms with Gasteiger partial charge in [-0.3, -0.25) is 0 Å². The van der Waals surface area contributed by atoms with Gasteiger partial charge < -0.3 is 9.84 Å². The van der Waals surface area contributed by atoms with E-state index in [2.05, 4.69) is 9.97 Å². The number of hydrogen-bond acceptors (Lipinski definition) is 4. The van der Waals surface area contributed by atoms with Crippen molar-refractivity contribution in [2.45, 2.75) is 13.5 Å². The summed E-state index contributed by atoms with van der Waals surface area (Å²) >= 11 is 0. The lowest BCUT2D eigenvalue weighted by atomic mass is 10.2. The standard InChI is InChI=1S/C12H11FN2O2/c1-8-4-10(2-3-11(8)13)17-12-14-5-9(7-16)6-15-12/h2-6,16H,7H2,1H3. The Balaban J connectivity index is 2.16. The van der Waals surface area contributed by atoms with Gasteiger partial charge in [-0.2, -0.15) is 0 Å². The number of benzene rings is 1. The van der Waals surface area contributed by atoms with Crippen LogP contribution in [0.15, 0.2) is 30.6 Å². The van der Waals surface area contributed by atoms with Crippen LogP contribution in [0.4, 0.5) is 4.39 Å². The summed E-state index contributed by atoms with van der Waals surface area (Å²) in [6.07, 6.45) is 2.94. The third-order valence-electron chi connectivity index (χ3n) is 2.20. The first-order valence-electron chi connectivity index (χ1n) is 5.05. The van der Waals surface area contributed by atoms with Gasteiger partial charge in [0.05, 0.1) is 6.61 Å². The molecule has 0 spiro atoms. The van der Waals surface area contributed by atoms with Crippen molar-refractivity contribution in [2.24, 2.45) is 0 Å². The first-order valence-corrected chi connectivity index (χ1v) is 5.05. The third kappa shape index (κ3) is 2.76. The number of aryl methyl sites for hydroxylation is 1. The minimum atomic E-state index is -0.283. The number of aliphatic hydroxyl groups excluding tert-OH is 1. The molecule has 5 heteroatoms. The number of nitrogens with zero attached hydrogens (tertiary/aromatic N) is 2. The molecule has 2 aromatic rings. The normalized spacial score (nSPS) is 10.3. The van der Waals surface area contributed by atoms with Gasteiger partial charge in [0.1, 0.15) is 11.6 Å². The van der Waals surface area contributed by atoms with Crippen LogP contribution in [0.25, 0.3) is 0 Å². The lowest BCUT2D eigenvalue weighted by Gasteiger charge is -2.05. The Morgan fingerprint density at radius 3 is 2.59 bits per heavy atom. The van der Waals surface area contributed by atoms with E-state index in [1.807, 2.05) is 0 Å². The Morgan fingerprint density at radius 2 is 2.00 bits per heavy atom. The SMILES string of the molecule is Cc1cc(Oc2ncc(CO)cn2)ccc1F. The van der Waals surface area contributed by atoms with Crippen molar-refractivity contribution in [3.63, 3.8) is 0 Å². The third-order valence-corrected chi connectivity index (χ3v) is 2.20. The Bertz CT molecular complexity index is 514. The molecule has 0 aliphatic heterocycles. The highest BCUT2D eigenvalue weighted by Gasteiger charge is 2.03. The minimum absolute atomic E-state index is 0.115. The monoisotopic (exact) mass is 234 g/mol. The molecule has 0 atom stereocenters. The van der Waals surface area contributed by atoms with Crippen LogP contribution in [0.5, 0.6) is 11.8 Å². The maximum absolute atomic E-state index is 13.0. The second-order valence-corrected chi connectivity index (χ2v) is 3.55. The van der Waals surface area contributed by atoms with Crippen molar-refractivity contribution in [3.8, 4) is 11.8 Å². The van der Waals surface area contributed by atoms with Crippen molar-refractivity contribution >= 4 is 0 Å². The van der Waals surface area contributed by atoms with Crippen LogP contribution in [-0.2, 0) is 6.61 Å². The predicted octanol–water partition coefficient (Wildman–Crippen LogP) is 2.21. The topological polar surface area (TPSA) is 55.2 Å². The van der Waals surface area contributed by atoms with Gasteiger partial charge in [0.25, 0.3) is 0 Å². The summed E-state index contributed by atoms with van der Waals surface area (Å²) in [5.41, 5.74) is 1.10. The number of aliphatic hydroxyl groups is 1. The van der Waals surface area contributed by atoms with Crippen LogP contribution in [0.3, 0.4) is 0 Å². The van der Waals surface area contributed by atoms with Crippen molar-refractivity contribution in [2.75, 3.05) is 0 Å². The molecule has 0 fully saturated rings. The van der Waals surface area contributed by atoms with E-state index in [1.165, 1.54) is 24.5 Å². The van der Waals surface area contributed by atoms with E-state index in [4.69, 9.17) is 9.84 Å². The molecule has 1 heterocycles. The zero-order chi connectivity index (χ0) is 12.3. The average molecular weight is 234 g/mol. The molecule has 0 bridgehead atoms. The lowest BCUT2D eigenvalue weighted by molar-refractivity contribution is 0.280. The molecule has 0 aliphatic rings. The van der Waals surface area contributed by atoms with Gasteiger partial charge in [-0.15, -0.1) is 0 Å². The molecule has 88 valence electrons. The zero-order valence-electron chi connectivity index (χ0n) is 9.22. The van der Waals surface area contributed by atoms with Gasteiger partial charge in [0.2, 0.25) is 0 Å². The molecule has 1 aromatic carbocycles. The van der Waals surface area contributed by atoms with Gasteiger partial charge in [0.15, 0.2) is 0 Å². The highest BCUT2D eigenvalue weighted by atomic mass is 19.1. The fourth-order valence-electron chi connectivity index (χ4n) is 1.26. The molecular weight excluding hydrogens is 223 g/mol. The van der Waals surface area contributed by atoms with Gasteiger partial charge >= 0.3 is 6.01 Å². The maximum Gasteiger partial charge on any atom is 0.321 e. The van der Waals surface area contributed by atoms with E-state index < -0.39 is 0 Å². The Morgan fingerprint density at radius 1 is 1.29 bits per heavy atom. The second-order valence-electron chi connectivity index (χ2n) is 3.55. The molecule has 1 N–H and O–H groups in total. The number of hydrogen-bond donors (Lipinski definition) is 1. The fraction of sp³-hybridized carbons (Fsp3) is 0.167. The van der Waals surface area contributed by atoms with Gasteiger partial charge in [-0.05, 0) is 30.7 Å². The maximum atomic E-state index is 13.0. The van der Waals surface area contributed by atoms with Gasteiger partial charge in [-0.25, -0.2) is 14.4 Å². The number of ether oxygens (including phenoxy) is 1. The fourth-order valence-corrected chi connectivity index (χ4v) is 1.26. The lowest BCUT2D eigenvalue weighted by Crippen LogP contribution is -1.94. The first-order chi connectivity index (χ1) is 8.19. The van der Waals surface area contributed by atoms with E-state index in [9.17, 15) is 4.39 Å². The molecule has 0 aliphatic carbocycles. The summed E-state index contributed by atoms with van der Waals surface area (Å²) in [5, 5.41) is 8.82. The van der Waals surface area contributed by atoms with E-state index in [0.29, 0.717) is 16.9 Å². The van der Waals surface area contributed by atoms with Crippen LogP contribution in [-0.4, -0.2) is 15.1 Å². The van der Waals surface area contributed by atoms with Crippen molar-refractivity contribution < 1.29 is 14.2 Å². The molecule has 4 nitrogen and oxygen atoms in total. The molecule has 0 unspecified atom stereocenters. The van der Waals surface area contributed by atoms with Crippen LogP contribution in [0.1, 0.15) is 11.1 Å². The summed E-state index contributed by atoms with van der Waals surface area (Å²) < 4.78 is 18.4. The summed E-state index contributed by atoms with van der Waals surface area (Å²) in [6, 6.07) is 4.56. The summed E-state index contributed by atoms with van der Waals surface area (Å²) in [5.74, 6) is 0.189. The Hall–Kier alpha value is -2.01. The number of aromatic nitrogens is 2. The van der Waals surface area contributed by atoms with Crippen molar-refractivity contribution in [1.82, 2.24) is 9.97 Å². The van der Waals surface area contributed by atoms with Crippen LogP contribution in [0, 0.1) is 12.7 Å². The number of rotatable bonds is 3. The minimum Gasteiger partial charge on any atom is -0.424 e. The first kappa shape index (κ1) is 11.5. The average Bonchev–Trinajstić information content (AvgIpc) is 2.35. The quantitative estimate of drug-likeness (QED) is 0.884. The van der Waals surface area contributed by atoms with Gasteiger partial charge in [0, 0.05) is 18.0 Å². The Kier molecular flexibility index (Phi) is 3.30. The smallest absolute Gasteiger partial charge is 0.321 e. The molecule has 17 heavy (non-hydrogen) atoms. The van der Waals surface area contributed by atoms with Crippen molar-refractivity contribution in [1.29, 1.82) is 0 Å². The largest absolute Gasteiger partial charge is 0.424 e. The predicted molar refractivity (Wildman–Crippen MR) is 59.2 cm³/mol. The van der Waals surface area contributed by atoms with Crippen molar-refractivity contribution in [3.05, 3.63) is 47.5 Å². The molecule has 0 saturated heterocycles. The van der Waals surface area contributed by atoms with Crippen LogP contribution in [0.2, 0.25) is 0 Å². The molecule has 0 saturated carbocycles. The van der Waals surface area contributed by atoms with E-state index in [-0.39, 0.29) is 18.4 Å². The highest BCUT2D eigenvalue weighted by molar-refractivity contribution is 5.30. The van der Waals surface area contributed by atoms with E-state index in [1.54, 1.807) is 13.0 Å². The molecule has 2 rings (SSSR count). The molecule has 0 radical (unpaired) electrons. The molecular formula is C12H11FN2O2. The molecule has 1 aromatic heterocycles. The summed E-state index contributed by atoms with van der Waals surface area (Å²) in [6.45, 7) is 1.54. The van der Waals surface area contributed by atoms with Crippen LogP contribution < -0.4 is 4.74 Å². The van der Waals surface area contributed by atoms with E-state index >= 15 is 0 Å². The Labute approximate surface area is 97.7 Å². The zero-order valence-corrected chi connectivity index (χ0v) is 9.22. The summed E-state index contributed by atoms with van der Waals surface area (Å²) in [4.78, 5) is 7.82. The summed E-state index contributed by atoms with van der Waals surface area (Å²) in [7, 11) is 0. The van der Waals surface area contributed by atoms with Gasteiger partial charge in [-0.1, -0.05) is 0 Å². The van der Waals surface area contributed by atoms with Crippen LogP contribution >= 0.6 is 0 Å². The second kappa shape index (κ2) is 4.88. The number of halogens is 1. The van der Waals surface area contributed by atoms with E-state index in [0.717, 1.165) is 0 Å². The highest BCUT2D eigenvalue weighted by Crippen LogP contribution is 2.20. The molecule has 0 amide bonds.